The number of aliphatic hydroxyl groups is 3. The third-order valence-electron chi connectivity index (χ3n) is 4.31. The van der Waals surface area contributed by atoms with Gasteiger partial charge in [-0.1, -0.05) is 53.4 Å². The summed E-state index contributed by atoms with van der Waals surface area (Å²) in [4.78, 5) is 0. The fourth-order valence-electron chi connectivity index (χ4n) is 2.76. The topological polar surface area (TPSA) is 60.7 Å². The summed E-state index contributed by atoms with van der Waals surface area (Å²) >= 11 is 0. The third kappa shape index (κ3) is 3.94. The first kappa shape index (κ1) is 17.9. The molecule has 0 rings (SSSR count). The molecular weight excluding hydrogens is 228 g/mol. The van der Waals surface area contributed by atoms with Crippen LogP contribution in [0.3, 0.4) is 0 Å². The van der Waals surface area contributed by atoms with Crippen molar-refractivity contribution in [3.8, 4) is 0 Å². The molecule has 0 aliphatic carbocycles. The van der Waals surface area contributed by atoms with Gasteiger partial charge in [-0.25, -0.2) is 0 Å². The third-order valence-corrected chi connectivity index (χ3v) is 4.31. The van der Waals surface area contributed by atoms with Crippen molar-refractivity contribution < 1.29 is 15.3 Å². The highest BCUT2D eigenvalue weighted by molar-refractivity contribution is 5.02. The van der Waals surface area contributed by atoms with E-state index in [2.05, 4.69) is 6.92 Å². The minimum absolute atomic E-state index is 0.375. The van der Waals surface area contributed by atoms with Crippen LogP contribution >= 0.6 is 0 Å². The number of rotatable bonds is 10. The summed E-state index contributed by atoms with van der Waals surface area (Å²) in [5.74, 6) is 0. The lowest BCUT2D eigenvalue weighted by Gasteiger charge is -2.45. The molecule has 0 aliphatic heterocycles. The van der Waals surface area contributed by atoms with Crippen molar-refractivity contribution in [3.05, 3.63) is 0 Å². The van der Waals surface area contributed by atoms with E-state index >= 15 is 0 Å². The fraction of sp³-hybridized carbons (Fsp3) is 1.00. The molecule has 0 radical (unpaired) electrons. The van der Waals surface area contributed by atoms with E-state index in [4.69, 9.17) is 0 Å². The van der Waals surface area contributed by atoms with Crippen LogP contribution in [0.15, 0.2) is 0 Å². The van der Waals surface area contributed by atoms with E-state index in [1.165, 1.54) is 0 Å². The monoisotopic (exact) mass is 260 g/mol. The summed E-state index contributed by atoms with van der Waals surface area (Å²) in [6.07, 6.45) is 5.28. The van der Waals surface area contributed by atoms with Crippen LogP contribution in [0.4, 0.5) is 0 Å². The molecular formula is C15H32O3. The molecule has 0 amide bonds. The van der Waals surface area contributed by atoms with Crippen molar-refractivity contribution in [2.24, 2.45) is 0 Å². The van der Waals surface area contributed by atoms with Gasteiger partial charge in [0.05, 0.1) is 11.7 Å². The summed E-state index contributed by atoms with van der Waals surface area (Å²) in [6, 6.07) is 0. The van der Waals surface area contributed by atoms with Gasteiger partial charge >= 0.3 is 0 Å². The molecule has 0 bridgehead atoms. The summed E-state index contributed by atoms with van der Waals surface area (Å²) in [5, 5.41) is 31.4. The second kappa shape index (κ2) is 8.13. The zero-order valence-corrected chi connectivity index (χ0v) is 12.6. The van der Waals surface area contributed by atoms with E-state index in [1.807, 2.05) is 20.8 Å². The first-order valence-electron chi connectivity index (χ1n) is 7.54. The Kier molecular flexibility index (Phi) is 8.08. The van der Waals surface area contributed by atoms with Gasteiger partial charge in [0.1, 0.15) is 5.60 Å². The van der Waals surface area contributed by atoms with Crippen molar-refractivity contribution >= 4 is 0 Å². The molecule has 0 spiro atoms. The fourth-order valence-corrected chi connectivity index (χ4v) is 2.76. The van der Waals surface area contributed by atoms with Crippen LogP contribution < -0.4 is 0 Å². The smallest absolute Gasteiger partial charge is 0.119 e. The lowest BCUT2D eigenvalue weighted by atomic mass is 9.71. The molecule has 0 saturated heterocycles. The van der Waals surface area contributed by atoms with Gasteiger partial charge in [-0.05, 0) is 25.7 Å². The normalized spacial score (nSPS) is 20.2. The van der Waals surface area contributed by atoms with E-state index in [9.17, 15) is 15.3 Å². The molecule has 0 fully saturated rings. The predicted molar refractivity (Wildman–Crippen MR) is 75.5 cm³/mol. The number of hydrogen-bond acceptors (Lipinski definition) is 3. The van der Waals surface area contributed by atoms with Crippen LogP contribution in [0, 0.1) is 0 Å². The standard InChI is InChI=1S/C15H32O3/c1-5-9-10-11-12-14(17,7-3)15(18,8-4)13(16)6-2/h13,16-18H,5-12H2,1-4H3. The molecule has 3 atom stereocenters. The minimum atomic E-state index is -1.39. The van der Waals surface area contributed by atoms with Gasteiger partial charge in [0.15, 0.2) is 0 Å². The van der Waals surface area contributed by atoms with Crippen LogP contribution in [0.1, 0.15) is 79.1 Å². The highest BCUT2D eigenvalue weighted by Crippen LogP contribution is 2.37. The summed E-state index contributed by atoms with van der Waals surface area (Å²) in [5.41, 5.74) is -2.56. The maximum absolute atomic E-state index is 10.7. The Morgan fingerprint density at radius 2 is 1.50 bits per heavy atom. The molecule has 0 aliphatic rings. The van der Waals surface area contributed by atoms with Crippen molar-refractivity contribution in [1.29, 1.82) is 0 Å². The molecule has 0 saturated carbocycles. The van der Waals surface area contributed by atoms with E-state index in [0.717, 1.165) is 25.7 Å². The first-order valence-corrected chi connectivity index (χ1v) is 7.54. The molecule has 3 nitrogen and oxygen atoms in total. The van der Waals surface area contributed by atoms with Crippen LogP contribution in [0.2, 0.25) is 0 Å². The number of aliphatic hydroxyl groups excluding tert-OH is 1. The van der Waals surface area contributed by atoms with Gasteiger partial charge in [-0.2, -0.15) is 0 Å². The number of unbranched alkanes of at least 4 members (excludes halogenated alkanes) is 3. The SMILES string of the molecule is CCCCCCC(O)(CC)C(O)(CC)C(O)CC. The number of hydrogen-bond donors (Lipinski definition) is 3. The van der Waals surface area contributed by atoms with Gasteiger partial charge in [0.2, 0.25) is 0 Å². The molecule has 3 unspecified atom stereocenters. The molecule has 0 heterocycles. The van der Waals surface area contributed by atoms with Crippen molar-refractivity contribution in [2.45, 2.75) is 96.4 Å². The summed E-state index contributed by atoms with van der Waals surface area (Å²) in [7, 11) is 0. The van der Waals surface area contributed by atoms with E-state index in [0.29, 0.717) is 25.7 Å². The van der Waals surface area contributed by atoms with Crippen molar-refractivity contribution in [2.75, 3.05) is 0 Å². The van der Waals surface area contributed by atoms with Gasteiger partial charge in [0.25, 0.3) is 0 Å². The maximum Gasteiger partial charge on any atom is 0.119 e. The van der Waals surface area contributed by atoms with Crippen LogP contribution in [0.25, 0.3) is 0 Å². The Morgan fingerprint density at radius 3 is 1.89 bits per heavy atom. The van der Waals surface area contributed by atoms with Crippen molar-refractivity contribution in [3.63, 3.8) is 0 Å². The molecule has 110 valence electrons. The molecule has 0 aromatic heterocycles. The molecule has 0 aromatic carbocycles. The molecule has 0 aromatic rings. The maximum atomic E-state index is 10.7. The Labute approximate surface area is 112 Å². The van der Waals surface area contributed by atoms with Gasteiger partial charge in [-0.15, -0.1) is 0 Å². The molecule has 3 N–H and O–H groups in total. The second-order valence-corrected chi connectivity index (χ2v) is 5.40. The Balaban J connectivity index is 4.75. The lowest BCUT2D eigenvalue weighted by molar-refractivity contribution is -0.209. The van der Waals surface area contributed by atoms with Crippen LogP contribution in [-0.4, -0.2) is 32.6 Å². The summed E-state index contributed by atoms with van der Waals surface area (Å²) < 4.78 is 0. The van der Waals surface area contributed by atoms with Gasteiger partial charge in [-0.3, -0.25) is 0 Å². The lowest BCUT2D eigenvalue weighted by Crippen LogP contribution is -2.60. The average Bonchev–Trinajstić information content (AvgIpc) is 2.41. The average molecular weight is 260 g/mol. The Morgan fingerprint density at radius 1 is 0.889 bits per heavy atom. The van der Waals surface area contributed by atoms with E-state index < -0.39 is 17.3 Å². The second-order valence-electron chi connectivity index (χ2n) is 5.40. The zero-order valence-electron chi connectivity index (χ0n) is 12.6. The van der Waals surface area contributed by atoms with Crippen molar-refractivity contribution in [1.82, 2.24) is 0 Å². The molecule has 18 heavy (non-hydrogen) atoms. The largest absolute Gasteiger partial charge is 0.390 e. The van der Waals surface area contributed by atoms with Crippen LogP contribution in [-0.2, 0) is 0 Å². The predicted octanol–water partition coefficient (Wildman–Crippen LogP) is 3.01. The first-order chi connectivity index (χ1) is 8.41. The molecule has 3 heteroatoms. The minimum Gasteiger partial charge on any atom is -0.390 e. The Hall–Kier alpha value is -0.120. The Bertz CT molecular complexity index is 220. The van der Waals surface area contributed by atoms with E-state index in [-0.39, 0.29) is 0 Å². The highest BCUT2D eigenvalue weighted by atomic mass is 16.4. The van der Waals surface area contributed by atoms with Crippen LogP contribution in [0.5, 0.6) is 0 Å². The quantitative estimate of drug-likeness (QED) is 0.529. The zero-order chi connectivity index (χ0) is 14.2. The van der Waals surface area contributed by atoms with Gasteiger partial charge in [0, 0.05) is 0 Å². The summed E-state index contributed by atoms with van der Waals surface area (Å²) in [6.45, 7) is 7.68. The van der Waals surface area contributed by atoms with Gasteiger partial charge < -0.3 is 15.3 Å². The highest BCUT2D eigenvalue weighted by Gasteiger charge is 2.50. The van der Waals surface area contributed by atoms with E-state index in [1.54, 1.807) is 0 Å².